The van der Waals surface area contributed by atoms with Crippen molar-refractivity contribution in [1.82, 2.24) is 10.6 Å². The predicted molar refractivity (Wildman–Crippen MR) is 224 cm³/mol. The maximum atomic E-state index is 12.6. The van der Waals surface area contributed by atoms with Crippen molar-refractivity contribution in [3.8, 4) is 24.7 Å². The maximum Gasteiger partial charge on any atom is 0.220 e. The fourth-order valence-electron chi connectivity index (χ4n) is 7.72. The number of hydrogen-bond donors (Lipinski definition) is 12. The Balaban J connectivity index is 0.000000481. The highest BCUT2D eigenvalue weighted by Gasteiger charge is 2.53. The summed E-state index contributed by atoms with van der Waals surface area (Å²) in [6.07, 6.45) is -5.87. The highest BCUT2D eigenvalue weighted by Crippen LogP contribution is 2.32. The lowest BCUT2D eigenvalue weighted by Gasteiger charge is -2.48. The Labute approximate surface area is 379 Å². The highest BCUT2D eigenvalue weighted by atomic mass is 16.7. The van der Waals surface area contributed by atoms with Crippen LogP contribution in [0.4, 0.5) is 0 Å². The van der Waals surface area contributed by atoms with E-state index in [2.05, 4.69) is 22.5 Å². The van der Waals surface area contributed by atoms with E-state index in [1.165, 1.54) is 28.4 Å². The van der Waals surface area contributed by atoms with E-state index in [9.17, 15) is 50.4 Å². The second kappa shape index (κ2) is 29.2. The Kier molecular flexibility index (Phi) is 26.2. The maximum absolute atomic E-state index is 12.6. The summed E-state index contributed by atoms with van der Waals surface area (Å²) in [6, 6.07) is -4.25. The molecule has 0 aromatic rings. The van der Waals surface area contributed by atoms with Crippen molar-refractivity contribution in [2.45, 2.75) is 169 Å². The molecule has 0 saturated carbocycles. The average molecular weight is 941 g/mol. The van der Waals surface area contributed by atoms with Crippen LogP contribution in [-0.2, 0) is 57.0 Å². The molecule has 4 saturated heterocycles. The molecule has 65 heavy (non-hydrogen) atoms. The molecule has 376 valence electrons. The topological polar surface area (TPSA) is 364 Å². The molecule has 2 amide bonds. The van der Waals surface area contributed by atoms with Gasteiger partial charge in [-0.25, -0.2) is 0 Å². The Morgan fingerprint density at radius 1 is 0.538 bits per heavy atom. The van der Waals surface area contributed by atoms with Crippen LogP contribution in [0.25, 0.3) is 0 Å². The van der Waals surface area contributed by atoms with Crippen molar-refractivity contribution in [3.63, 3.8) is 0 Å². The van der Waals surface area contributed by atoms with Gasteiger partial charge in [0.1, 0.15) is 85.3 Å². The van der Waals surface area contributed by atoms with Crippen LogP contribution in [0, 0.1) is 24.7 Å². The number of rotatable bonds is 20. The third-order valence-electron chi connectivity index (χ3n) is 11.2. The summed E-state index contributed by atoms with van der Waals surface area (Å²) in [5, 5.41) is 86.9. The largest absolute Gasteiger partial charge is 0.394 e. The van der Waals surface area contributed by atoms with Crippen molar-refractivity contribution in [2.24, 2.45) is 11.5 Å². The Hall–Kier alpha value is -2.74. The van der Waals surface area contributed by atoms with E-state index in [-0.39, 0.29) is 20.3 Å². The number of nitrogens with two attached hydrogens (primary N) is 2. The van der Waals surface area contributed by atoms with Gasteiger partial charge in [-0.1, -0.05) is 7.43 Å². The fourth-order valence-corrected chi connectivity index (χ4v) is 7.72. The lowest BCUT2D eigenvalue weighted by atomic mass is 9.94. The molecule has 4 rings (SSSR count). The molecule has 24 heteroatoms. The second-order valence-corrected chi connectivity index (χ2v) is 15.4. The first kappa shape index (κ1) is 58.4. The second-order valence-electron chi connectivity index (χ2n) is 15.4. The molecular weight excluding hydrogens is 868 g/mol. The monoisotopic (exact) mass is 940 g/mol. The van der Waals surface area contributed by atoms with E-state index >= 15 is 0 Å². The van der Waals surface area contributed by atoms with Gasteiger partial charge in [-0.3, -0.25) is 9.59 Å². The van der Waals surface area contributed by atoms with Gasteiger partial charge < -0.3 is 110 Å². The third kappa shape index (κ3) is 15.1. The van der Waals surface area contributed by atoms with Gasteiger partial charge in [0.25, 0.3) is 0 Å². The van der Waals surface area contributed by atoms with Gasteiger partial charge in [0.05, 0.1) is 38.5 Å². The number of amides is 2. The molecule has 20 atom stereocenters. The molecular formula is C41H72N4O20. The van der Waals surface area contributed by atoms with Gasteiger partial charge in [0, 0.05) is 54.1 Å². The molecule has 14 N–H and O–H groups in total. The van der Waals surface area contributed by atoms with Crippen LogP contribution >= 0.6 is 0 Å². The van der Waals surface area contributed by atoms with E-state index in [1.807, 2.05) is 0 Å². The molecule has 8 unspecified atom stereocenters. The average Bonchev–Trinajstić information content (AvgIpc) is 3.29. The quantitative estimate of drug-likeness (QED) is 0.0400. The molecule has 4 aliphatic heterocycles. The molecule has 4 heterocycles. The normalized spacial score (nSPS) is 39.3. The summed E-state index contributed by atoms with van der Waals surface area (Å²) < 4.78 is 55.0. The van der Waals surface area contributed by atoms with Crippen LogP contribution in [0.1, 0.15) is 46.0 Å². The molecule has 4 fully saturated rings. The van der Waals surface area contributed by atoms with Gasteiger partial charge in [-0.15, -0.1) is 24.7 Å². The van der Waals surface area contributed by atoms with Crippen molar-refractivity contribution < 1.29 is 97.8 Å². The highest BCUT2D eigenvalue weighted by molar-refractivity contribution is 5.76. The number of nitrogens with one attached hydrogen (secondary N) is 2. The third-order valence-corrected chi connectivity index (χ3v) is 11.2. The zero-order valence-electron chi connectivity index (χ0n) is 36.4. The SMILES string of the molecule is C.C#CCCCC(=O)NC1[C@H](O[C@@H]2C(CO)O[C@@H](OC)C(NC(=O)CCCC#C)[C@H]2O)OC(CO)[C@@H](OC)[C@@H]1O.CO[C@@H]1OC(CO)[C@@H](O[C@@H]2OC(CO)[C@@H](OC)[C@H](O)C2N)[C@H](O)C1N. The number of carbonyl (C=O) groups is 2. The number of hydrogen-bond acceptors (Lipinski definition) is 22. The summed E-state index contributed by atoms with van der Waals surface area (Å²) in [7, 11) is 5.35. The first-order chi connectivity index (χ1) is 30.6. The van der Waals surface area contributed by atoms with Crippen LogP contribution in [0.5, 0.6) is 0 Å². The first-order valence-electron chi connectivity index (χ1n) is 20.8. The predicted octanol–water partition coefficient (Wildman–Crippen LogP) is -5.75. The van der Waals surface area contributed by atoms with Gasteiger partial charge in [-0.05, 0) is 12.8 Å². The van der Waals surface area contributed by atoms with Gasteiger partial charge in [0.15, 0.2) is 25.2 Å². The van der Waals surface area contributed by atoms with Gasteiger partial charge in [0.2, 0.25) is 11.8 Å². The molecule has 0 spiro atoms. The Bertz CT molecular complexity index is 1470. The van der Waals surface area contributed by atoms with E-state index in [1.54, 1.807) is 0 Å². The molecule has 0 bridgehead atoms. The van der Waals surface area contributed by atoms with E-state index in [4.69, 9.17) is 71.7 Å². The molecule has 0 aromatic heterocycles. The fraction of sp³-hybridized carbons (Fsp3) is 0.854. The first-order valence-corrected chi connectivity index (χ1v) is 20.8. The molecule has 0 aliphatic carbocycles. The minimum Gasteiger partial charge on any atom is -0.394 e. The van der Waals surface area contributed by atoms with Crippen LogP contribution in [0.3, 0.4) is 0 Å². The standard InChI is InChI=1S/C26H40N2O11.C14H28N2O9.CH4/c1-5-7-9-11-17(31)27-19-22(34)24(16(14-30)37-25(19)36-4)39-26-20(28-18(32)12-10-8-6-2)21(33)23(35-3)15(13-29)38-26;1-21-11-5(3-17)24-14(8(16)9(11)19)25-12-6(4-18)23-13(22-2)7(15)10(12)20;/h1-2,15-16,19-26,29-30,33-34H,7-14H2,3-4H3,(H,27,31)(H,28,32);5-14,17-20H,3-4,15-16H2,1-2H3;1H4/t15?,16?,19?,20?,21-,22-,23-,24-,25-,26+;5?,6?,7?,8?,9-,10-,11-,12-,13-,14+;/m11./s1. The zero-order valence-corrected chi connectivity index (χ0v) is 36.4. The number of terminal acetylenes is 2. The summed E-state index contributed by atoms with van der Waals surface area (Å²) in [5.41, 5.74) is 11.8. The van der Waals surface area contributed by atoms with Crippen LogP contribution < -0.4 is 22.1 Å². The van der Waals surface area contributed by atoms with Crippen molar-refractivity contribution in [2.75, 3.05) is 54.9 Å². The zero-order chi connectivity index (χ0) is 47.7. The molecule has 24 nitrogen and oxygen atoms in total. The Morgan fingerprint density at radius 2 is 0.877 bits per heavy atom. The minimum absolute atomic E-state index is 0. The van der Waals surface area contributed by atoms with Gasteiger partial charge >= 0.3 is 0 Å². The van der Waals surface area contributed by atoms with Gasteiger partial charge in [-0.2, -0.15) is 0 Å². The summed E-state index contributed by atoms with van der Waals surface area (Å²) in [5.74, 6) is 4.03. The lowest BCUT2D eigenvalue weighted by molar-refractivity contribution is -0.331. The number of unbranched alkanes of at least 4 members (excludes halogenated alkanes) is 2. The number of carbonyl (C=O) groups excluding carboxylic acids is 2. The Morgan fingerprint density at radius 3 is 1.32 bits per heavy atom. The minimum atomic E-state index is -1.47. The number of ether oxygens (including phenoxy) is 10. The number of aliphatic hydroxyl groups is 8. The summed E-state index contributed by atoms with van der Waals surface area (Å²) in [6.45, 7) is -2.05. The van der Waals surface area contributed by atoms with Crippen molar-refractivity contribution in [1.29, 1.82) is 0 Å². The van der Waals surface area contributed by atoms with Crippen LogP contribution in [0.2, 0.25) is 0 Å². The van der Waals surface area contributed by atoms with Crippen molar-refractivity contribution in [3.05, 3.63) is 0 Å². The lowest BCUT2D eigenvalue weighted by Crippen LogP contribution is -2.69. The number of aliphatic hydroxyl groups excluding tert-OH is 8. The van der Waals surface area contributed by atoms with E-state index in [0.29, 0.717) is 25.7 Å². The summed E-state index contributed by atoms with van der Waals surface area (Å²) in [4.78, 5) is 25.0. The van der Waals surface area contributed by atoms with Crippen LogP contribution in [0.15, 0.2) is 0 Å². The van der Waals surface area contributed by atoms with E-state index < -0.39 is 161 Å². The number of methoxy groups -OCH3 is 4. The molecule has 0 radical (unpaired) electrons. The molecule has 4 aliphatic rings. The van der Waals surface area contributed by atoms with E-state index in [0.717, 1.165) is 0 Å². The smallest absolute Gasteiger partial charge is 0.220 e. The van der Waals surface area contributed by atoms with Crippen LogP contribution in [-0.4, -0.2) is 230 Å². The summed E-state index contributed by atoms with van der Waals surface area (Å²) >= 11 is 0. The molecule has 0 aromatic carbocycles. The van der Waals surface area contributed by atoms with Crippen molar-refractivity contribution >= 4 is 11.8 Å².